The first-order valence-corrected chi connectivity index (χ1v) is 9.46. The van der Waals surface area contributed by atoms with Crippen molar-refractivity contribution in [1.29, 1.82) is 0 Å². The molecule has 7 heteroatoms. The van der Waals surface area contributed by atoms with Gasteiger partial charge in [-0.15, -0.1) is 24.0 Å². The van der Waals surface area contributed by atoms with E-state index in [0.717, 1.165) is 57.9 Å². The van der Waals surface area contributed by atoms with E-state index in [1.54, 1.807) is 11.3 Å². The van der Waals surface area contributed by atoms with Crippen molar-refractivity contribution in [3.8, 4) is 0 Å². The molecule has 0 radical (unpaired) electrons. The number of likely N-dealkylation sites (tertiary alicyclic amines) is 1. The molecule has 1 amide bonds. The molecule has 1 aromatic rings. The van der Waals surface area contributed by atoms with Gasteiger partial charge in [0.2, 0.25) is 5.91 Å². The highest BCUT2D eigenvalue weighted by Gasteiger charge is 2.42. The highest BCUT2D eigenvalue weighted by Crippen LogP contribution is 2.35. The van der Waals surface area contributed by atoms with Gasteiger partial charge in [0.1, 0.15) is 0 Å². The second-order valence-corrected chi connectivity index (χ2v) is 7.38. The molecular weight excluding hydrogens is 435 g/mol. The number of rotatable bonds is 4. The van der Waals surface area contributed by atoms with Gasteiger partial charge in [0.15, 0.2) is 5.96 Å². The Morgan fingerprint density at radius 2 is 2.42 bits per heavy atom. The Balaban J connectivity index is 0.00000208. The molecule has 2 N–H and O–H groups in total. The number of nitrogens with one attached hydrogen (secondary N) is 2. The Kier molecular flexibility index (Phi) is 7.34. The molecule has 1 atom stereocenters. The highest BCUT2D eigenvalue weighted by atomic mass is 127. The molecule has 5 nitrogen and oxygen atoms in total. The van der Waals surface area contributed by atoms with Crippen molar-refractivity contribution in [2.75, 3.05) is 32.7 Å². The zero-order valence-corrected chi connectivity index (χ0v) is 17.4. The zero-order chi connectivity index (χ0) is 16.1. The second kappa shape index (κ2) is 9.03. The standard InChI is InChI=1S/C17H26N4OS.HI/c1-2-18-16(19-7-4-14-5-9-23-11-14)21-8-3-6-17(13-21)10-15(22)20-12-17;/h5,9,11H,2-4,6-8,10,12-13H2,1H3,(H,18,19)(H,20,22);1H. The number of aliphatic imine (C=N–C) groups is 1. The van der Waals surface area contributed by atoms with Gasteiger partial charge in [-0.3, -0.25) is 9.79 Å². The van der Waals surface area contributed by atoms with Gasteiger partial charge in [-0.05, 0) is 48.6 Å². The smallest absolute Gasteiger partial charge is 0.220 e. The molecule has 3 heterocycles. The molecule has 134 valence electrons. The molecule has 2 aliphatic heterocycles. The molecule has 24 heavy (non-hydrogen) atoms. The van der Waals surface area contributed by atoms with Gasteiger partial charge >= 0.3 is 0 Å². The fourth-order valence-corrected chi connectivity index (χ4v) is 4.28. The monoisotopic (exact) mass is 462 g/mol. The number of piperidine rings is 1. The van der Waals surface area contributed by atoms with Crippen LogP contribution in [0, 0.1) is 5.41 Å². The van der Waals surface area contributed by atoms with E-state index in [0.29, 0.717) is 6.42 Å². The first-order chi connectivity index (χ1) is 11.2. The molecule has 3 rings (SSSR count). The lowest BCUT2D eigenvalue weighted by atomic mass is 9.79. The Hall–Kier alpha value is -0.830. The number of guanidine groups is 1. The Bertz CT molecular complexity index is 563. The number of amides is 1. The van der Waals surface area contributed by atoms with E-state index in [4.69, 9.17) is 4.99 Å². The third-order valence-corrected chi connectivity index (χ3v) is 5.47. The van der Waals surface area contributed by atoms with E-state index in [2.05, 4.69) is 39.3 Å². The molecule has 2 fully saturated rings. The predicted octanol–water partition coefficient (Wildman–Crippen LogP) is 2.48. The quantitative estimate of drug-likeness (QED) is 0.411. The van der Waals surface area contributed by atoms with Gasteiger partial charge in [0, 0.05) is 44.6 Å². The first-order valence-electron chi connectivity index (χ1n) is 8.52. The van der Waals surface area contributed by atoms with Crippen molar-refractivity contribution in [3.63, 3.8) is 0 Å². The van der Waals surface area contributed by atoms with Crippen molar-refractivity contribution in [1.82, 2.24) is 15.5 Å². The van der Waals surface area contributed by atoms with Gasteiger partial charge in [0.25, 0.3) is 0 Å². The van der Waals surface area contributed by atoms with Crippen LogP contribution in [0.1, 0.15) is 31.7 Å². The average molecular weight is 462 g/mol. The van der Waals surface area contributed by atoms with Crippen LogP contribution in [0.2, 0.25) is 0 Å². The van der Waals surface area contributed by atoms with Gasteiger partial charge in [-0.1, -0.05) is 0 Å². The van der Waals surface area contributed by atoms with E-state index in [9.17, 15) is 4.79 Å². The Morgan fingerprint density at radius 1 is 1.54 bits per heavy atom. The van der Waals surface area contributed by atoms with E-state index < -0.39 is 0 Å². The number of nitrogens with zero attached hydrogens (tertiary/aromatic N) is 2. The highest BCUT2D eigenvalue weighted by molar-refractivity contribution is 14.0. The van der Waals surface area contributed by atoms with E-state index >= 15 is 0 Å². The van der Waals surface area contributed by atoms with E-state index in [1.165, 1.54) is 5.56 Å². The Morgan fingerprint density at radius 3 is 3.08 bits per heavy atom. The van der Waals surface area contributed by atoms with E-state index in [-0.39, 0.29) is 35.3 Å². The van der Waals surface area contributed by atoms with Crippen molar-refractivity contribution < 1.29 is 4.79 Å². The number of hydrogen-bond donors (Lipinski definition) is 2. The lowest BCUT2D eigenvalue weighted by Gasteiger charge is -2.40. The summed E-state index contributed by atoms with van der Waals surface area (Å²) in [6.07, 6.45) is 3.91. The van der Waals surface area contributed by atoms with Crippen LogP contribution >= 0.6 is 35.3 Å². The van der Waals surface area contributed by atoms with Gasteiger partial charge in [-0.2, -0.15) is 11.3 Å². The molecule has 0 bridgehead atoms. The number of thiophene rings is 1. The third kappa shape index (κ3) is 4.84. The molecule has 0 aliphatic carbocycles. The van der Waals surface area contributed by atoms with Crippen LogP contribution in [0.5, 0.6) is 0 Å². The summed E-state index contributed by atoms with van der Waals surface area (Å²) in [5.74, 6) is 1.20. The summed E-state index contributed by atoms with van der Waals surface area (Å²) < 4.78 is 0. The van der Waals surface area contributed by atoms with Crippen molar-refractivity contribution in [2.24, 2.45) is 10.4 Å². The number of hydrogen-bond acceptors (Lipinski definition) is 3. The van der Waals surface area contributed by atoms with Crippen LogP contribution < -0.4 is 10.6 Å². The molecule has 2 aliphatic rings. The van der Waals surface area contributed by atoms with Crippen LogP contribution in [0.25, 0.3) is 0 Å². The summed E-state index contributed by atoms with van der Waals surface area (Å²) in [5.41, 5.74) is 1.47. The van der Waals surface area contributed by atoms with Crippen molar-refractivity contribution in [3.05, 3.63) is 22.4 Å². The van der Waals surface area contributed by atoms with Gasteiger partial charge < -0.3 is 15.5 Å². The third-order valence-electron chi connectivity index (χ3n) is 4.73. The fraction of sp³-hybridized carbons (Fsp3) is 0.647. The largest absolute Gasteiger partial charge is 0.357 e. The molecule has 1 spiro atoms. The SMILES string of the molecule is CCNC(=NCCc1ccsc1)N1CCCC2(CNC(=O)C2)C1.I. The van der Waals surface area contributed by atoms with Crippen LogP contribution in [0.3, 0.4) is 0 Å². The predicted molar refractivity (Wildman–Crippen MR) is 110 cm³/mol. The minimum Gasteiger partial charge on any atom is -0.357 e. The summed E-state index contributed by atoms with van der Waals surface area (Å²) in [6, 6.07) is 2.17. The van der Waals surface area contributed by atoms with Crippen LogP contribution in [-0.2, 0) is 11.2 Å². The second-order valence-electron chi connectivity index (χ2n) is 6.60. The van der Waals surface area contributed by atoms with Gasteiger partial charge in [0.05, 0.1) is 0 Å². The van der Waals surface area contributed by atoms with Crippen molar-refractivity contribution in [2.45, 2.75) is 32.6 Å². The normalized spacial score (nSPS) is 24.0. The summed E-state index contributed by atoms with van der Waals surface area (Å²) in [4.78, 5) is 18.8. The summed E-state index contributed by atoms with van der Waals surface area (Å²) >= 11 is 1.74. The Labute approximate surface area is 165 Å². The number of carbonyl (C=O) groups excluding carboxylic acids is 1. The molecule has 1 aromatic heterocycles. The molecule has 1 unspecified atom stereocenters. The lowest BCUT2D eigenvalue weighted by molar-refractivity contribution is -0.119. The zero-order valence-electron chi connectivity index (χ0n) is 14.2. The first kappa shape index (κ1) is 19.5. The maximum atomic E-state index is 11.6. The number of carbonyl (C=O) groups is 1. The van der Waals surface area contributed by atoms with Crippen LogP contribution in [-0.4, -0.2) is 49.5 Å². The minimum absolute atomic E-state index is 0. The van der Waals surface area contributed by atoms with Gasteiger partial charge in [-0.25, -0.2) is 0 Å². The maximum absolute atomic E-state index is 11.6. The van der Waals surface area contributed by atoms with Crippen molar-refractivity contribution >= 4 is 47.2 Å². The fourth-order valence-electron chi connectivity index (χ4n) is 3.58. The molecule has 0 aromatic carbocycles. The molecular formula is C17H27IN4OS. The summed E-state index contributed by atoms with van der Waals surface area (Å²) in [5, 5.41) is 10.7. The maximum Gasteiger partial charge on any atom is 0.220 e. The topological polar surface area (TPSA) is 56.7 Å². The lowest BCUT2D eigenvalue weighted by Crippen LogP contribution is -2.51. The average Bonchev–Trinajstić information content (AvgIpc) is 3.17. The molecule has 2 saturated heterocycles. The van der Waals surface area contributed by atoms with E-state index in [1.807, 2.05) is 0 Å². The van der Waals surface area contributed by atoms with Crippen LogP contribution in [0.4, 0.5) is 0 Å². The summed E-state index contributed by atoms with van der Waals surface area (Å²) in [6.45, 7) is 6.55. The minimum atomic E-state index is 0. The number of halogens is 1. The molecule has 0 saturated carbocycles. The summed E-state index contributed by atoms with van der Waals surface area (Å²) in [7, 11) is 0. The van der Waals surface area contributed by atoms with Crippen LogP contribution in [0.15, 0.2) is 21.8 Å².